The van der Waals surface area contributed by atoms with Crippen molar-refractivity contribution < 1.29 is 15.0 Å². The van der Waals surface area contributed by atoms with E-state index in [1.165, 1.54) is 0 Å². The second-order valence-corrected chi connectivity index (χ2v) is 3.93. The quantitative estimate of drug-likeness (QED) is 0.691. The Kier molecular flexibility index (Phi) is 3.78. The van der Waals surface area contributed by atoms with Gasteiger partial charge in [-0.3, -0.25) is 0 Å². The minimum atomic E-state index is -1.02. The van der Waals surface area contributed by atoms with Gasteiger partial charge in [-0.05, 0) is 25.0 Å². The third kappa shape index (κ3) is 2.60. The van der Waals surface area contributed by atoms with Gasteiger partial charge in [-0.25, -0.2) is 9.78 Å². The van der Waals surface area contributed by atoms with Gasteiger partial charge in [0.1, 0.15) is 5.65 Å². The zero-order chi connectivity index (χ0) is 13.0. The van der Waals surface area contributed by atoms with E-state index in [2.05, 4.69) is 10.3 Å². The molecular formula is C12H15N3O3. The smallest absolute Gasteiger partial charge is 0.404 e. The van der Waals surface area contributed by atoms with Crippen molar-refractivity contribution in [2.24, 2.45) is 0 Å². The van der Waals surface area contributed by atoms with Crippen LogP contribution in [0, 0.1) is 0 Å². The molecule has 0 atom stereocenters. The molecule has 0 aliphatic rings. The van der Waals surface area contributed by atoms with Crippen molar-refractivity contribution >= 4 is 11.7 Å². The number of aryl methyl sites for hydroxylation is 1. The summed E-state index contributed by atoms with van der Waals surface area (Å²) in [6.07, 6.45) is 2.21. The number of nitrogens with one attached hydrogen (secondary N) is 1. The molecule has 0 aliphatic carbocycles. The third-order valence-electron chi connectivity index (χ3n) is 2.73. The molecule has 96 valence electrons. The summed E-state index contributed by atoms with van der Waals surface area (Å²) in [4.78, 5) is 14.6. The Morgan fingerprint density at radius 1 is 1.44 bits per heavy atom. The highest BCUT2D eigenvalue weighted by molar-refractivity contribution is 5.64. The monoisotopic (exact) mass is 249 g/mol. The fraction of sp³-hybridized carbons (Fsp3) is 0.333. The van der Waals surface area contributed by atoms with Crippen LogP contribution in [0.15, 0.2) is 24.4 Å². The molecule has 2 aromatic heterocycles. The molecular weight excluding hydrogens is 234 g/mol. The number of aliphatic hydroxyl groups excluding tert-OH is 1. The zero-order valence-electron chi connectivity index (χ0n) is 9.83. The molecule has 0 aliphatic heterocycles. The van der Waals surface area contributed by atoms with Gasteiger partial charge < -0.3 is 19.9 Å². The number of aromatic nitrogens is 2. The first kappa shape index (κ1) is 12.4. The molecule has 6 heteroatoms. The molecule has 0 bridgehead atoms. The minimum Gasteiger partial charge on any atom is -0.465 e. The Bertz CT molecular complexity index is 550. The van der Waals surface area contributed by atoms with Crippen LogP contribution in [0.25, 0.3) is 5.65 Å². The summed E-state index contributed by atoms with van der Waals surface area (Å²) in [5.41, 5.74) is 2.37. The van der Waals surface area contributed by atoms with Gasteiger partial charge in [-0.1, -0.05) is 6.07 Å². The molecule has 2 heterocycles. The number of hydrogen-bond acceptors (Lipinski definition) is 3. The highest BCUT2D eigenvalue weighted by Gasteiger charge is 2.10. The Hall–Kier alpha value is -2.08. The van der Waals surface area contributed by atoms with Crippen molar-refractivity contribution in [3.8, 4) is 0 Å². The summed E-state index contributed by atoms with van der Waals surface area (Å²) >= 11 is 0. The number of imidazole rings is 1. The second-order valence-electron chi connectivity index (χ2n) is 3.93. The maximum atomic E-state index is 10.3. The molecule has 0 spiro atoms. The summed E-state index contributed by atoms with van der Waals surface area (Å²) in [6.45, 7) is 0.281. The number of aliphatic hydroxyl groups is 1. The van der Waals surface area contributed by atoms with Crippen molar-refractivity contribution in [1.29, 1.82) is 0 Å². The van der Waals surface area contributed by atoms with Crippen LogP contribution in [0.3, 0.4) is 0 Å². The van der Waals surface area contributed by atoms with E-state index in [-0.39, 0.29) is 6.61 Å². The zero-order valence-corrected chi connectivity index (χ0v) is 9.83. The van der Waals surface area contributed by atoms with Gasteiger partial charge in [0.25, 0.3) is 0 Å². The van der Waals surface area contributed by atoms with Crippen molar-refractivity contribution in [2.75, 3.05) is 6.54 Å². The van der Waals surface area contributed by atoms with Crippen LogP contribution in [-0.4, -0.2) is 32.2 Å². The van der Waals surface area contributed by atoms with Gasteiger partial charge in [0.2, 0.25) is 0 Å². The van der Waals surface area contributed by atoms with Gasteiger partial charge in [0.15, 0.2) is 0 Å². The number of fused-ring (bicyclic) bond motifs is 1. The molecule has 0 saturated carbocycles. The lowest BCUT2D eigenvalue weighted by molar-refractivity contribution is 0.194. The lowest BCUT2D eigenvalue weighted by Crippen LogP contribution is -2.22. The fourth-order valence-electron chi connectivity index (χ4n) is 1.94. The van der Waals surface area contributed by atoms with Crippen LogP contribution in [0.2, 0.25) is 0 Å². The number of pyridine rings is 1. The third-order valence-corrected chi connectivity index (χ3v) is 2.73. The Morgan fingerprint density at radius 3 is 3.00 bits per heavy atom. The van der Waals surface area contributed by atoms with Crippen LogP contribution < -0.4 is 5.32 Å². The molecule has 0 unspecified atom stereocenters. The van der Waals surface area contributed by atoms with Gasteiger partial charge >= 0.3 is 6.09 Å². The van der Waals surface area contributed by atoms with Crippen molar-refractivity contribution in [3.05, 3.63) is 35.8 Å². The van der Waals surface area contributed by atoms with Crippen LogP contribution in [0.5, 0.6) is 0 Å². The second kappa shape index (κ2) is 5.50. The van der Waals surface area contributed by atoms with E-state index in [1.54, 1.807) is 0 Å². The average molecular weight is 249 g/mol. The lowest BCUT2D eigenvalue weighted by atomic mass is 10.2. The van der Waals surface area contributed by atoms with Gasteiger partial charge in [-0.2, -0.15) is 0 Å². The molecule has 18 heavy (non-hydrogen) atoms. The standard InChI is InChI=1S/C12H15N3O3/c16-8-9-10(4-3-6-13-12(17)18)15-7-2-1-5-11(15)14-9/h1-2,5,7,13,16H,3-4,6,8H2,(H,17,18). The van der Waals surface area contributed by atoms with Crippen LogP contribution in [-0.2, 0) is 13.0 Å². The predicted octanol–water partition coefficient (Wildman–Crippen LogP) is 1.03. The van der Waals surface area contributed by atoms with E-state index >= 15 is 0 Å². The number of nitrogens with zero attached hydrogens (tertiary/aromatic N) is 2. The SMILES string of the molecule is O=C(O)NCCCc1c(CO)nc2ccccn12. The Balaban J connectivity index is 2.13. The number of carboxylic acid groups (broad SMARTS) is 1. The van der Waals surface area contributed by atoms with Crippen molar-refractivity contribution in [3.63, 3.8) is 0 Å². The first-order valence-electron chi connectivity index (χ1n) is 5.75. The number of amides is 1. The number of rotatable bonds is 5. The van der Waals surface area contributed by atoms with Gasteiger partial charge in [0, 0.05) is 18.4 Å². The molecule has 3 N–H and O–H groups in total. The van der Waals surface area contributed by atoms with E-state index in [4.69, 9.17) is 5.11 Å². The highest BCUT2D eigenvalue weighted by Crippen LogP contribution is 2.14. The molecule has 0 radical (unpaired) electrons. The molecule has 0 aromatic carbocycles. The molecule has 2 aromatic rings. The first-order valence-corrected chi connectivity index (χ1v) is 5.75. The van der Waals surface area contributed by atoms with Crippen LogP contribution in [0.1, 0.15) is 17.8 Å². The predicted molar refractivity (Wildman–Crippen MR) is 65.5 cm³/mol. The molecule has 1 amide bonds. The van der Waals surface area contributed by atoms with E-state index < -0.39 is 6.09 Å². The average Bonchev–Trinajstić information content (AvgIpc) is 2.72. The van der Waals surface area contributed by atoms with E-state index in [0.29, 0.717) is 25.1 Å². The molecule has 6 nitrogen and oxygen atoms in total. The largest absolute Gasteiger partial charge is 0.465 e. The highest BCUT2D eigenvalue weighted by atomic mass is 16.4. The maximum Gasteiger partial charge on any atom is 0.404 e. The molecule has 0 saturated heterocycles. The summed E-state index contributed by atoms with van der Waals surface area (Å²) in [5, 5.41) is 20.1. The Morgan fingerprint density at radius 2 is 2.28 bits per heavy atom. The van der Waals surface area contributed by atoms with E-state index in [1.807, 2.05) is 28.8 Å². The Labute approximate surface area is 104 Å². The summed E-state index contributed by atoms with van der Waals surface area (Å²) in [7, 11) is 0. The van der Waals surface area contributed by atoms with Crippen molar-refractivity contribution in [2.45, 2.75) is 19.4 Å². The number of carbonyl (C=O) groups is 1. The topological polar surface area (TPSA) is 86.9 Å². The van der Waals surface area contributed by atoms with E-state index in [9.17, 15) is 9.90 Å². The maximum absolute atomic E-state index is 10.3. The molecule has 2 rings (SSSR count). The normalized spacial score (nSPS) is 10.7. The van der Waals surface area contributed by atoms with Crippen LogP contribution >= 0.6 is 0 Å². The summed E-state index contributed by atoms with van der Waals surface area (Å²) in [5.74, 6) is 0. The fourth-order valence-corrected chi connectivity index (χ4v) is 1.94. The number of hydrogen-bond donors (Lipinski definition) is 3. The van der Waals surface area contributed by atoms with E-state index in [0.717, 1.165) is 11.3 Å². The van der Waals surface area contributed by atoms with Gasteiger partial charge in [-0.15, -0.1) is 0 Å². The van der Waals surface area contributed by atoms with Crippen molar-refractivity contribution in [1.82, 2.24) is 14.7 Å². The first-order chi connectivity index (χ1) is 8.72. The minimum absolute atomic E-state index is 0.108. The summed E-state index contributed by atoms with van der Waals surface area (Å²) < 4.78 is 1.92. The summed E-state index contributed by atoms with van der Waals surface area (Å²) in [6, 6.07) is 5.66. The lowest BCUT2D eigenvalue weighted by Gasteiger charge is -2.04. The van der Waals surface area contributed by atoms with Gasteiger partial charge in [0.05, 0.1) is 12.3 Å². The van der Waals surface area contributed by atoms with Crippen LogP contribution in [0.4, 0.5) is 4.79 Å². The molecule has 0 fully saturated rings.